The second-order valence-corrected chi connectivity index (χ2v) is 6.89. The lowest BCUT2D eigenvalue weighted by molar-refractivity contribution is 0.687. The summed E-state index contributed by atoms with van der Waals surface area (Å²) in [5, 5.41) is 9.70. The van der Waals surface area contributed by atoms with Gasteiger partial charge in [-0.05, 0) is 26.0 Å². The first-order valence-electron chi connectivity index (χ1n) is 8.60. The zero-order chi connectivity index (χ0) is 17.9. The summed E-state index contributed by atoms with van der Waals surface area (Å²) in [6.07, 6.45) is 0. The summed E-state index contributed by atoms with van der Waals surface area (Å²) < 4.78 is 2.14. The Labute approximate surface area is 156 Å². The van der Waals surface area contributed by atoms with Crippen molar-refractivity contribution in [2.24, 2.45) is 0 Å². The largest absolute Gasteiger partial charge is 0.302 e. The van der Waals surface area contributed by atoms with E-state index in [1.54, 1.807) is 11.8 Å². The zero-order valence-electron chi connectivity index (χ0n) is 14.8. The summed E-state index contributed by atoms with van der Waals surface area (Å²) in [5.41, 5.74) is 4.88. The summed E-state index contributed by atoms with van der Waals surface area (Å²) in [5.74, 6) is 1.62. The number of benzene rings is 2. The van der Waals surface area contributed by atoms with Crippen LogP contribution in [0.3, 0.4) is 0 Å². The minimum Gasteiger partial charge on any atom is -0.302 e. The lowest BCUT2D eigenvalue weighted by atomic mass is 10.2. The Bertz CT molecular complexity index is 1040. The molecule has 2 heterocycles. The first kappa shape index (κ1) is 16.7. The fourth-order valence-corrected chi connectivity index (χ4v) is 3.88. The molecule has 2 aromatic carbocycles. The predicted molar refractivity (Wildman–Crippen MR) is 105 cm³/mol. The van der Waals surface area contributed by atoms with Gasteiger partial charge in [0.15, 0.2) is 11.0 Å². The van der Waals surface area contributed by atoms with Crippen LogP contribution in [0.25, 0.3) is 22.4 Å². The average Bonchev–Trinajstić information content (AvgIpc) is 3.10. The fourth-order valence-electron chi connectivity index (χ4n) is 2.88. The molecular formula is C20H19N5S. The number of thioether (sulfide) groups is 1. The topological polar surface area (TPSA) is 56.5 Å². The highest BCUT2D eigenvalue weighted by Crippen LogP contribution is 2.27. The van der Waals surface area contributed by atoms with Crippen LogP contribution in [0.5, 0.6) is 0 Å². The summed E-state index contributed by atoms with van der Waals surface area (Å²) in [6, 6.07) is 18.1. The summed E-state index contributed by atoms with van der Waals surface area (Å²) in [4.78, 5) is 9.43. The van der Waals surface area contributed by atoms with Gasteiger partial charge in [0.2, 0.25) is 0 Å². The molecular weight excluding hydrogens is 342 g/mol. The van der Waals surface area contributed by atoms with Crippen LogP contribution in [0.2, 0.25) is 0 Å². The number of aromatic nitrogens is 5. The third-order valence-electron chi connectivity index (χ3n) is 4.25. The molecule has 0 atom stereocenters. The Balaban J connectivity index is 1.61. The van der Waals surface area contributed by atoms with Gasteiger partial charge < -0.3 is 4.57 Å². The van der Waals surface area contributed by atoms with Gasteiger partial charge in [-0.1, -0.05) is 54.2 Å². The van der Waals surface area contributed by atoms with Gasteiger partial charge in [0.05, 0.1) is 22.4 Å². The standard InChI is InChI=1S/C20H19N5S/c1-3-25-19(15-9-5-4-6-10-15)23-24-20(25)26-13-18-14(2)21-16-11-7-8-12-17(16)22-18/h4-12H,3,13H2,1-2H3. The van der Waals surface area contributed by atoms with Gasteiger partial charge in [0.25, 0.3) is 0 Å². The number of fused-ring (bicyclic) bond motifs is 1. The summed E-state index contributed by atoms with van der Waals surface area (Å²) in [6.45, 7) is 4.94. The number of rotatable bonds is 5. The maximum Gasteiger partial charge on any atom is 0.191 e. The van der Waals surface area contributed by atoms with E-state index in [1.807, 2.05) is 49.4 Å². The smallest absolute Gasteiger partial charge is 0.191 e. The van der Waals surface area contributed by atoms with E-state index >= 15 is 0 Å². The highest BCUT2D eigenvalue weighted by molar-refractivity contribution is 7.98. The van der Waals surface area contributed by atoms with E-state index < -0.39 is 0 Å². The molecule has 2 aromatic heterocycles. The van der Waals surface area contributed by atoms with Crippen LogP contribution in [0, 0.1) is 6.92 Å². The van der Waals surface area contributed by atoms with Crippen LogP contribution in [-0.4, -0.2) is 24.7 Å². The Hall–Kier alpha value is -2.73. The SMILES string of the molecule is CCn1c(SCc2nc3ccccc3nc2C)nnc1-c1ccccc1. The maximum absolute atomic E-state index is 4.77. The van der Waals surface area contributed by atoms with Crippen LogP contribution in [0.4, 0.5) is 0 Å². The summed E-state index contributed by atoms with van der Waals surface area (Å²) in [7, 11) is 0. The van der Waals surface area contributed by atoms with Crippen LogP contribution in [0.1, 0.15) is 18.3 Å². The van der Waals surface area contributed by atoms with Gasteiger partial charge in [-0.15, -0.1) is 10.2 Å². The number of hydrogen-bond donors (Lipinski definition) is 0. The van der Waals surface area contributed by atoms with E-state index in [-0.39, 0.29) is 0 Å². The van der Waals surface area contributed by atoms with Crippen LogP contribution in [0.15, 0.2) is 59.8 Å². The molecule has 5 nitrogen and oxygen atoms in total. The Morgan fingerprint density at radius 1 is 0.885 bits per heavy atom. The van der Waals surface area contributed by atoms with Gasteiger partial charge in [-0.25, -0.2) is 9.97 Å². The minimum absolute atomic E-state index is 0.719. The lowest BCUT2D eigenvalue weighted by Crippen LogP contribution is -2.01. The van der Waals surface area contributed by atoms with Crippen LogP contribution < -0.4 is 0 Å². The van der Waals surface area contributed by atoms with Crippen molar-refractivity contribution in [3.05, 3.63) is 66.0 Å². The van der Waals surface area contributed by atoms with Crippen molar-refractivity contribution in [3.8, 4) is 11.4 Å². The average molecular weight is 361 g/mol. The summed E-state index contributed by atoms with van der Waals surface area (Å²) >= 11 is 1.65. The van der Waals surface area contributed by atoms with Crippen molar-refractivity contribution in [2.45, 2.75) is 31.3 Å². The van der Waals surface area contributed by atoms with Crippen molar-refractivity contribution in [3.63, 3.8) is 0 Å². The molecule has 0 spiro atoms. The second-order valence-electron chi connectivity index (χ2n) is 5.95. The first-order chi connectivity index (χ1) is 12.8. The van der Waals surface area contributed by atoms with Crippen molar-refractivity contribution in [1.82, 2.24) is 24.7 Å². The first-order valence-corrected chi connectivity index (χ1v) is 9.58. The van der Waals surface area contributed by atoms with E-state index in [2.05, 4.69) is 38.8 Å². The van der Waals surface area contributed by atoms with E-state index in [0.717, 1.165) is 51.3 Å². The number of aryl methyl sites for hydroxylation is 1. The molecule has 0 aliphatic rings. The molecule has 0 radical (unpaired) electrons. The van der Waals surface area contributed by atoms with Gasteiger partial charge in [0.1, 0.15) is 0 Å². The van der Waals surface area contributed by atoms with Gasteiger partial charge in [-0.2, -0.15) is 0 Å². The van der Waals surface area contributed by atoms with Crippen molar-refractivity contribution in [1.29, 1.82) is 0 Å². The van der Waals surface area contributed by atoms with Crippen LogP contribution >= 0.6 is 11.8 Å². The maximum atomic E-state index is 4.77. The highest BCUT2D eigenvalue weighted by Gasteiger charge is 2.14. The Morgan fingerprint density at radius 3 is 2.31 bits per heavy atom. The van der Waals surface area contributed by atoms with Crippen molar-refractivity contribution >= 4 is 22.8 Å². The number of nitrogens with zero attached hydrogens (tertiary/aromatic N) is 5. The molecule has 0 saturated carbocycles. The molecule has 4 rings (SSSR count). The van der Waals surface area contributed by atoms with E-state index in [0.29, 0.717) is 0 Å². The minimum atomic E-state index is 0.719. The number of para-hydroxylation sites is 2. The molecule has 4 aromatic rings. The Morgan fingerprint density at radius 2 is 1.58 bits per heavy atom. The van der Waals surface area contributed by atoms with Gasteiger partial charge in [-0.3, -0.25) is 0 Å². The third kappa shape index (κ3) is 3.20. The quantitative estimate of drug-likeness (QED) is 0.490. The molecule has 0 amide bonds. The molecule has 6 heteroatoms. The van der Waals surface area contributed by atoms with Crippen molar-refractivity contribution < 1.29 is 0 Å². The molecule has 0 saturated heterocycles. The Kier molecular flexibility index (Phi) is 4.67. The molecule has 0 fully saturated rings. The van der Waals surface area contributed by atoms with Crippen molar-refractivity contribution in [2.75, 3.05) is 0 Å². The molecule has 0 N–H and O–H groups in total. The van der Waals surface area contributed by atoms with E-state index in [1.165, 1.54) is 0 Å². The van der Waals surface area contributed by atoms with Gasteiger partial charge >= 0.3 is 0 Å². The molecule has 0 bridgehead atoms. The monoisotopic (exact) mass is 361 g/mol. The molecule has 130 valence electrons. The van der Waals surface area contributed by atoms with Crippen LogP contribution in [-0.2, 0) is 12.3 Å². The molecule has 26 heavy (non-hydrogen) atoms. The normalized spacial score (nSPS) is 11.2. The zero-order valence-corrected chi connectivity index (χ0v) is 15.6. The molecule has 0 aliphatic carbocycles. The highest BCUT2D eigenvalue weighted by atomic mass is 32.2. The third-order valence-corrected chi connectivity index (χ3v) is 5.22. The molecule has 0 aliphatic heterocycles. The second kappa shape index (κ2) is 7.25. The van der Waals surface area contributed by atoms with E-state index in [9.17, 15) is 0 Å². The lowest BCUT2D eigenvalue weighted by Gasteiger charge is -2.08. The van der Waals surface area contributed by atoms with Gasteiger partial charge in [0, 0.05) is 17.9 Å². The van der Waals surface area contributed by atoms with E-state index in [4.69, 9.17) is 4.98 Å². The predicted octanol–water partition coefficient (Wildman–Crippen LogP) is 4.51. The molecule has 0 unspecified atom stereocenters. The fraction of sp³-hybridized carbons (Fsp3) is 0.200. The number of hydrogen-bond acceptors (Lipinski definition) is 5.